The second kappa shape index (κ2) is 9.50. The molecule has 0 atom stereocenters. The molecule has 0 fully saturated rings. The van der Waals surface area contributed by atoms with E-state index < -0.39 is 0 Å². The van der Waals surface area contributed by atoms with Crippen molar-refractivity contribution in [3.8, 4) is 17.2 Å². The summed E-state index contributed by atoms with van der Waals surface area (Å²) in [6.07, 6.45) is 1.72. The molecule has 1 N–H and O–H groups in total. The van der Waals surface area contributed by atoms with Crippen LogP contribution in [0.4, 0.5) is 5.69 Å². The van der Waals surface area contributed by atoms with Crippen LogP contribution < -0.4 is 19.5 Å². The average molecular weight is 327 g/mol. The van der Waals surface area contributed by atoms with Gasteiger partial charge in [-0.1, -0.05) is 18.7 Å². The molecular weight excluding hydrogens is 302 g/mol. The summed E-state index contributed by atoms with van der Waals surface area (Å²) in [5.41, 5.74) is 2.17. The van der Waals surface area contributed by atoms with E-state index in [1.165, 1.54) is 0 Å². The Hall–Kier alpha value is -2.62. The third-order valence-electron chi connectivity index (χ3n) is 3.33. The third kappa shape index (κ3) is 5.23. The van der Waals surface area contributed by atoms with Crippen molar-refractivity contribution in [2.24, 2.45) is 0 Å². The van der Waals surface area contributed by atoms with Gasteiger partial charge in [0.05, 0.1) is 13.2 Å². The molecule has 0 aliphatic heterocycles. The number of ether oxygens (including phenoxy) is 3. The second-order valence-corrected chi connectivity index (χ2v) is 5.12. The fourth-order valence-electron chi connectivity index (χ4n) is 2.24. The van der Waals surface area contributed by atoms with E-state index in [0.29, 0.717) is 26.4 Å². The summed E-state index contributed by atoms with van der Waals surface area (Å²) in [6.45, 7) is 10.0. The summed E-state index contributed by atoms with van der Waals surface area (Å²) in [7, 11) is 0. The quantitative estimate of drug-likeness (QED) is 0.644. The van der Waals surface area contributed by atoms with Gasteiger partial charge >= 0.3 is 0 Å². The number of hydrogen-bond donors (Lipinski definition) is 1. The fourth-order valence-corrected chi connectivity index (χ4v) is 2.24. The lowest BCUT2D eigenvalue weighted by atomic mass is 10.2. The van der Waals surface area contributed by atoms with Crippen molar-refractivity contribution in [2.75, 3.05) is 25.1 Å². The van der Waals surface area contributed by atoms with E-state index in [1.54, 1.807) is 6.08 Å². The maximum absolute atomic E-state index is 5.67. The number of nitrogens with one attached hydrogen (secondary N) is 1. The summed E-state index contributed by atoms with van der Waals surface area (Å²) in [4.78, 5) is 0. The molecule has 0 aromatic heterocycles. The molecule has 4 nitrogen and oxygen atoms in total. The molecule has 0 aliphatic carbocycles. The predicted molar refractivity (Wildman–Crippen MR) is 98.2 cm³/mol. The molecular formula is C20H25NO3. The molecule has 2 aromatic carbocycles. The van der Waals surface area contributed by atoms with Gasteiger partial charge in [-0.15, -0.1) is 0 Å². The standard InChI is InChI=1S/C20H25NO3/c1-4-13-24-19-12-7-16(14-20(19)23-6-3)15-21-17-8-10-18(11-9-17)22-5-2/h4,7-12,14,21H,1,5-6,13,15H2,2-3H3. The molecule has 24 heavy (non-hydrogen) atoms. The van der Waals surface area contributed by atoms with Gasteiger partial charge < -0.3 is 19.5 Å². The summed E-state index contributed by atoms with van der Waals surface area (Å²) in [6, 6.07) is 13.9. The van der Waals surface area contributed by atoms with Gasteiger partial charge in [-0.3, -0.25) is 0 Å². The number of hydrogen-bond acceptors (Lipinski definition) is 4. The van der Waals surface area contributed by atoms with Crippen LogP contribution in [0.5, 0.6) is 17.2 Å². The van der Waals surface area contributed by atoms with Gasteiger partial charge in [-0.05, 0) is 55.8 Å². The van der Waals surface area contributed by atoms with Crippen molar-refractivity contribution in [2.45, 2.75) is 20.4 Å². The highest BCUT2D eigenvalue weighted by Crippen LogP contribution is 2.29. The normalized spacial score (nSPS) is 10.1. The number of rotatable bonds is 10. The number of anilines is 1. The first-order valence-electron chi connectivity index (χ1n) is 8.23. The van der Waals surface area contributed by atoms with E-state index in [9.17, 15) is 0 Å². The highest BCUT2D eigenvalue weighted by atomic mass is 16.5. The molecule has 0 aliphatic rings. The van der Waals surface area contributed by atoms with Crippen LogP contribution in [0.2, 0.25) is 0 Å². The van der Waals surface area contributed by atoms with Crippen LogP contribution in [-0.4, -0.2) is 19.8 Å². The van der Waals surface area contributed by atoms with Gasteiger partial charge in [0.25, 0.3) is 0 Å². The molecule has 0 unspecified atom stereocenters. The minimum absolute atomic E-state index is 0.462. The molecule has 4 heteroatoms. The van der Waals surface area contributed by atoms with Crippen molar-refractivity contribution in [1.29, 1.82) is 0 Å². The minimum atomic E-state index is 0.462. The Morgan fingerprint density at radius 2 is 1.67 bits per heavy atom. The molecule has 2 rings (SSSR count). The molecule has 128 valence electrons. The topological polar surface area (TPSA) is 39.7 Å². The zero-order valence-corrected chi connectivity index (χ0v) is 14.4. The zero-order chi connectivity index (χ0) is 17.2. The Labute approximate surface area is 144 Å². The zero-order valence-electron chi connectivity index (χ0n) is 14.4. The first-order valence-corrected chi connectivity index (χ1v) is 8.23. The fraction of sp³-hybridized carbons (Fsp3) is 0.300. The van der Waals surface area contributed by atoms with Crippen LogP contribution >= 0.6 is 0 Å². The minimum Gasteiger partial charge on any atom is -0.494 e. The lowest BCUT2D eigenvalue weighted by molar-refractivity contribution is 0.296. The Morgan fingerprint density at radius 3 is 2.33 bits per heavy atom. The summed E-state index contributed by atoms with van der Waals surface area (Å²) in [5, 5.41) is 3.39. The lowest BCUT2D eigenvalue weighted by Crippen LogP contribution is -2.03. The van der Waals surface area contributed by atoms with E-state index >= 15 is 0 Å². The van der Waals surface area contributed by atoms with Crippen LogP contribution in [0.1, 0.15) is 19.4 Å². The summed E-state index contributed by atoms with van der Waals surface area (Å²) in [5.74, 6) is 2.37. The van der Waals surface area contributed by atoms with Crippen molar-refractivity contribution >= 4 is 5.69 Å². The number of benzene rings is 2. The van der Waals surface area contributed by atoms with Gasteiger partial charge in [0.1, 0.15) is 12.4 Å². The highest BCUT2D eigenvalue weighted by Gasteiger charge is 2.06. The van der Waals surface area contributed by atoms with Crippen molar-refractivity contribution < 1.29 is 14.2 Å². The molecule has 2 aromatic rings. The second-order valence-electron chi connectivity index (χ2n) is 5.12. The van der Waals surface area contributed by atoms with Crippen LogP contribution in [0, 0.1) is 0 Å². The van der Waals surface area contributed by atoms with Gasteiger partial charge in [0.15, 0.2) is 11.5 Å². The van der Waals surface area contributed by atoms with Gasteiger partial charge in [0.2, 0.25) is 0 Å². The van der Waals surface area contributed by atoms with Crippen molar-refractivity contribution in [3.63, 3.8) is 0 Å². The molecule has 0 heterocycles. The molecule has 0 saturated heterocycles. The van der Waals surface area contributed by atoms with E-state index in [2.05, 4.69) is 11.9 Å². The van der Waals surface area contributed by atoms with E-state index in [-0.39, 0.29) is 0 Å². The maximum Gasteiger partial charge on any atom is 0.161 e. The van der Waals surface area contributed by atoms with E-state index in [4.69, 9.17) is 14.2 Å². The molecule has 0 saturated carbocycles. The summed E-state index contributed by atoms with van der Waals surface area (Å²) < 4.78 is 16.7. The largest absolute Gasteiger partial charge is 0.494 e. The third-order valence-corrected chi connectivity index (χ3v) is 3.33. The first-order chi connectivity index (χ1) is 11.8. The van der Waals surface area contributed by atoms with Crippen molar-refractivity contribution in [1.82, 2.24) is 0 Å². The molecule has 0 bridgehead atoms. The predicted octanol–water partition coefficient (Wildman–Crippen LogP) is 4.66. The van der Waals surface area contributed by atoms with E-state index in [0.717, 1.165) is 28.5 Å². The smallest absolute Gasteiger partial charge is 0.161 e. The molecule has 0 radical (unpaired) electrons. The van der Waals surface area contributed by atoms with Crippen LogP contribution in [0.15, 0.2) is 55.1 Å². The maximum atomic E-state index is 5.67. The Morgan fingerprint density at radius 1 is 0.917 bits per heavy atom. The van der Waals surface area contributed by atoms with Crippen LogP contribution in [-0.2, 0) is 6.54 Å². The van der Waals surface area contributed by atoms with E-state index in [1.807, 2.05) is 56.3 Å². The lowest BCUT2D eigenvalue weighted by Gasteiger charge is -2.13. The Kier molecular flexibility index (Phi) is 7.02. The first kappa shape index (κ1) is 17.7. The molecule has 0 amide bonds. The van der Waals surface area contributed by atoms with Gasteiger partial charge in [0, 0.05) is 12.2 Å². The van der Waals surface area contributed by atoms with Crippen LogP contribution in [0.25, 0.3) is 0 Å². The monoisotopic (exact) mass is 327 g/mol. The van der Waals surface area contributed by atoms with Crippen molar-refractivity contribution in [3.05, 3.63) is 60.7 Å². The van der Waals surface area contributed by atoms with Gasteiger partial charge in [-0.25, -0.2) is 0 Å². The molecule has 0 spiro atoms. The summed E-state index contributed by atoms with van der Waals surface area (Å²) >= 11 is 0. The van der Waals surface area contributed by atoms with Gasteiger partial charge in [-0.2, -0.15) is 0 Å². The van der Waals surface area contributed by atoms with Crippen LogP contribution in [0.3, 0.4) is 0 Å². The average Bonchev–Trinajstić information content (AvgIpc) is 2.61. The Balaban J connectivity index is 2.00. The Bertz CT molecular complexity index is 638. The SMILES string of the molecule is C=CCOc1ccc(CNc2ccc(OCC)cc2)cc1OCC. The highest BCUT2D eigenvalue weighted by molar-refractivity contribution is 5.48.